The third-order valence-corrected chi connectivity index (χ3v) is 4.18. The Balaban J connectivity index is 1.65. The third kappa shape index (κ3) is 3.04. The van der Waals surface area contributed by atoms with E-state index in [0.717, 1.165) is 5.39 Å². The first-order valence-corrected chi connectivity index (χ1v) is 8.22. The number of fused-ring (bicyclic) bond motifs is 1. The van der Waals surface area contributed by atoms with E-state index in [1.165, 1.54) is 13.8 Å². The SMILES string of the molecule is CC(C)(Oc1c(F)cc(F)cc1F)c1nnc(-c2ccc3c(O)[nH]cc3c2)o1. The first-order valence-electron chi connectivity index (χ1n) is 8.22. The summed E-state index contributed by atoms with van der Waals surface area (Å²) >= 11 is 0. The predicted molar refractivity (Wildman–Crippen MR) is 93.2 cm³/mol. The molecule has 0 aliphatic rings. The van der Waals surface area contributed by atoms with E-state index in [1.807, 2.05) is 0 Å². The van der Waals surface area contributed by atoms with Crippen molar-refractivity contribution in [2.45, 2.75) is 19.4 Å². The number of rotatable bonds is 4. The number of benzene rings is 2. The maximum atomic E-state index is 13.9. The van der Waals surface area contributed by atoms with Gasteiger partial charge in [0.25, 0.3) is 5.89 Å². The second-order valence-corrected chi connectivity index (χ2v) is 6.66. The Morgan fingerprint density at radius 3 is 2.50 bits per heavy atom. The Kier molecular flexibility index (Phi) is 4.02. The predicted octanol–water partition coefficient (Wildman–Crippen LogP) is 4.65. The van der Waals surface area contributed by atoms with Gasteiger partial charge in [0.1, 0.15) is 5.82 Å². The van der Waals surface area contributed by atoms with Gasteiger partial charge in [-0.15, -0.1) is 10.2 Å². The number of H-pyrrole nitrogens is 1. The molecular formula is C19H14F3N3O3. The maximum Gasteiger partial charge on any atom is 0.259 e. The molecule has 0 radical (unpaired) electrons. The van der Waals surface area contributed by atoms with Gasteiger partial charge < -0.3 is 19.2 Å². The van der Waals surface area contributed by atoms with Gasteiger partial charge in [-0.1, -0.05) is 0 Å². The molecule has 0 aliphatic heterocycles. The molecule has 2 aromatic carbocycles. The minimum Gasteiger partial charge on any atom is -0.494 e. The summed E-state index contributed by atoms with van der Waals surface area (Å²) in [5, 5.41) is 18.9. The highest BCUT2D eigenvalue weighted by Crippen LogP contribution is 2.33. The average molecular weight is 389 g/mol. The van der Waals surface area contributed by atoms with E-state index in [-0.39, 0.29) is 17.7 Å². The maximum absolute atomic E-state index is 13.9. The number of nitrogens with one attached hydrogen (secondary N) is 1. The highest BCUT2D eigenvalue weighted by atomic mass is 19.1. The lowest BCUT2D eigenvalue weighted by Gasteiger charge is -2.23. The highest BCUT2D eigenvalue weighted by Gasteiger charge is 2.32. The standard InChI is InChI=1S/C19H14F3N3O3/c1-19(2,28-15-13(21)6-11(20)7-14(15)22)18-25-24-17(27-18)9-3-4-12-10(5-9)8-23-16(12)26/h3-8,23,26H,1-2H3. The molecule has 0 saturated carbocycles. The van der Waals surface area contributed by atoms with Crippen molar-refractivity contribution in [2.75, 3.05) is 0 Å². The second kappa shape index (κ2) is 6.29. The van der Waals surface area contributed by atoms with E-state index in [4.69, 9.17) is 9.15 Å². The summed E-state index contributed by atoms with van der Waals surface area (Å²) in [6, 6.07) is 6.14. The van der Waals surface area contributed by atoms with Gasteiger partial charge in [-0.3, -0.25) is 0 Å². The summed E-state index contributed by atoms with van der Waals surface area (Å²) in [4.78, 5) is 2.70. The molecule has 0 bridgehead atoms. The van der Waals surface area contributed by atoms with Crippen LogP contribution in [-0.4, -0.2) is 20.3 Å². The molecule has 4 rings (SSSR count). The van der Waals surface area contributed by atoms with E-state index in [1.54, 1.807) is 24.4 Å². The molecule has 0 amide bonds. The van der Waals surface area contributed by atoms with Crippen molar-refractivity contribution < 1.29 is 27.4 Å². The van der Waals surface area contributed by atoms with Crippen LogP contribution in [-0.2, 0) is 5.60 Å². The summed E-state index contributed by atoms with van der Waals surface area (Å²) in [6.07, 6.45) is 1.62. The molecule has 0 unspecified atom stereocenters. The highest BCUT2D eigenvalue weighted by molar-refractivity contribution is 5.90. The van der Waals surface area contributed by atoms with Gasteiger partial charge in [-0.2, -0.15) is 0 Å². The number of aromatic amines is 1. The van der Waals surface area contributed by atoms with Crippen molar-refractivity contribution in [3.63, 3.8) is 0 Å². The van der Waals surface area contributed by atoms with Crippen LogP contribution < -0.4 is 4.74 Å². The molecule has 0 fully saturated rings. The van der Waals surface area contributed by atoms with Crippen molar-refractivity contribution >= 4 is 10.8 Å². The van der Waals surface area contributed by atoms with Crippen molar-refractivity contribution in [3.8, 4) is 23.1 Å². The molecule has 4 aromatic rings. The summed E-state index contributed by atoms with van der Waals surface area (Å²) in [5.41, 5.74) is -0.804. The molecule has 2 N–H and O–H groups in total. The molecule has 6 nitrogen and oxygen atoms in total. The van der Waals surface area contributed by atoms with Crippen LogP contribution in [0.5, 0.6) is 11.6 Å². The fraction of sp³-hybridized carbons (Fsp3) is 0.158. The Hall–Kier alpha value is -3.49. The normalized spacial score (nSPS) is 11.9. The van der Waals surface area contributed by atoms with Gasteiger partial charge >= 0.3 is 0 Å². The molecule has 2 heterocycles. The number of ether oxygens (including phenoxy) is 1. The van der Waals surface area contributed by atoms with Gasteiger partial charge in [0, 0.05) is 34.7 Å². The minimum atomic E-state index is -1.39. The van der Waals surface area contributed by atoms with Crippen LogP contribution >= 0.6 is 0 Å². The van der Waals surface area contributed by atoms with E-state index in [2.05, 4.69) is 15.2 Å². The number of nitrogens with zero attached hydrogens (tertiary/aromatic N) is 2. The van der Waals surface area contributed by atoms with Crippen LogP contribution in [0.4, 0.5) is 13.2 Å². The van der Waals surface area contributed by atoms with Gasteiger partial charge in [-0.25, -0.2) is 13.2 Å². The molecule has 0 atom stereocenters. The first kappa shape index (κ1) is 17.9. The molecule has 0 aliphatic carbocycles. The van der Waals surface area contributed by atoms with Gasteiger partial charge in [0.2, 0.25) is 5.89 Å². The zero-order valence-corrected chi connectivity index (χ0v) is 14.8. The summed E-state index contributed by atoms with van der Waals surface area (Å²) in [6.45, 7) is 2.97. The Labute approximate surface area is 156 Å². The van der Waals surface area contributed by atoms with Crippen molar-refractivity contribution in [1.82, 2.24) is 15.2 Å². The van der Waals surface area contributed by atoms with Crippen LogP contribution in [0.2, 0.25) is 0 Å². The largest absolute Gasteiger partial charge is 0.494 e. The number of hydrogen-bond donors (Lipinski definition) is 2. The third-order valence-electron chi connectivity index (χ3n) is 4.18. The number of halogens is 3. The molecule has 9 heteroatoms. The Morgan fingerprint density at radius 1 is 1.07 bits per heavy atom. The van der Waals surface area contributed by atoms with Crippen LogP contribution in [0.1, 0.15) is 19.7 Å². The number of hydrogen-bond acceptors (Lipinski definition) is 5. The molecule has 28 heavy (non-hydrogen) atoms. The topological polar surface area (TPSA) is 84.2 Å². The van der Waals surface area contributed by atoms with Crippen molar-refractivity contribution in [1.29, 1.82) is 0 Å². The second-order valence-electron chi connectivity index (χ2n) is 6.66. The fourth-order valence-corrected chi connectivity index (χ4v) is 2.76. The van der Waals surface area contributed by atoms with E-state index in [0.29, 0.717) is 23.1 Å². The van der Waals surface area contributed by atoms with Crippen LogP contribution in [0.15, 0.2) is 40.9 Å². The first-order chi connectivity index (χ1) is 13.2. The van der Waals surface area contributed by atoms with Gasteiger partial charge in [0.15, 0.2) is 28.9 Å². The molecule has 144 valence electrons. The lowest BCUT2D eigenvalue weighted by Crippen LogP contribution is -2.27. The molecule has 0 spiro atoms. The molecule has 2 aromatic heterocycles. The molecule has 0 saturated heterocycles. The summed E-state index contributed by atoms with van der Waals surface area (Å²) in [7, 11) is 0. The number of aromatic nitrogens is 3. The van der Waals surface area contributed by atoms with Gasteiger partial charge in [-0.05, 0) is 32.0 Å². The van der Waals surface area contributed by atoms with E-state index < -0.39 is 28.8 Å². The summed E-state index contributed by atoms with van der Waals surface area (Å²) in [5.74, 6) is -3.96. The zero-order chi connectivity index (χ0) is 20.1. The monoisotopic (exact) mass is 389 g/mol. The van der Waals surface area contributed by atoms with Crippen LogP contribution in [0, 0.1) is 17.5 Å². The van der Waals surface area contributed by atoms with E-state index in [9.17, 15) is 18.3 Å². The fourth-order valence-electron chi connectivity index (χ4n) is 2.76. The Bertz CT molecular complexity index is 1160. The summed E-state index contributed by atoms with van der Waals surface area (Å²) < 4.78 is 51.8. The lowest BCUT2D eigenvalue weighted by molar-refractivity contribution is 0.0668. The molecular weight excluding hydrogens is 375 g/mol. The quantitative estimate of drug-likeness (QED) is 0.531. The minimum absolute atomic E-state index is 0.0253. The average Bonchev–Trinajstić information content (AvgIpc) is 3.26. The smallest absolute Gasteiger partial charge is 0.259 e. The van der Waals surface area contributed by atoms with Crippen LogP contribution in [0.25, 0.3) is 22.2 Å². The van der Waals surface area contributed by atoms with Crippen LogP contribution in [0.3, 0.4) is 0 Å². The zero-order valence-electron chi connectivity index (χ0n) is 14.8. The Morgan fingerprint density at radius 2 is 1.79 bits per heavy atom. The number of aromatic hydroxyl groups is 1. The lowest BCUT2D eigenvalue weighted by atomic mass is 10.1. The van der Waals surface area contributed by atoms with Crippen molar-refractivity contribution in [3.05, 3.63) is 59.9 Å². The van der Waals surface area contributed by atoms with Crippen molar-refractivity contribution in [2.24, 2.45) is 0 Å². The van der Waals surface area contributed by atoms with Gasteiger partial charge in [0.05, 0.1) is 0 Å². The van der Waals surface area contributed by atoms with E-state index >= 15 is 0 Å².